The van der Waals surface area contributed by atoms with E-state index in [1.165, 1.54) is 5.01 Å². The molecular formula is C23H27N3O4S. The lowest BCUT2D eigenvalue weighted by Crippen LogP contribution is -2.50. The van der Waals surface area contributed by atoms with Crippen molar-refractivity contribution in [2.75, 3.05) is 13.2 Å². The standard InChI is InChI=1S/C23H27N3O4S/c1-4-28-19-13-17(11-12-18(19)30-14-16-9-7-6-8-10-16)21-20(22(27)29-5-2)15(3)26(24)23(31)25-21/h6-13,21H,4-5,14,24H2,1-3H3,(H,25,31). The van der Waals surface area contributed by atoms with Gasteiger partial charge in [-0.25, -0.2) is 10.6 Å². The number of thiocarbonyl (C=S) groups is 1. The van der Waals surface area contributed by atoms with E-state index in [-0.39, 0.29) is 6.61 Å². The van der Waals surface area contributed by atoms with Crippen molar-refractivity contribution in [3.05, 3.63) is 70.9 Å². The van der Waals surface area contributed by atoms with Crippen molar-refractivity contribution >= 4 is 23.3 Å². The Morgan fingerprint density at radius 3 is 2.52 bits per heavy atom. The molecule has 2 aromatic carbocycles. The van der Waals surface area contributed by atoms with E-state index in [4.69, 9.17) is 32.3 Å². The van der Waals surface area contributed by atoms with E-state index in [9.17, 15) is 4.79 Å². The molecule has 7 nitrogen and oxygen atoms in total. The van der Waals surface area contributed by atoms with Crippen LogP contribution < -0.4 is 20.6 Å². The Kier molecular flexibility index (Phi) is 7.49. The van der Waals surface area contributed by atoms with Crippen LogP contribution in [0.1, 0.15) is 37.9 Å². The van der Waals surface area contributed by atoms with Crippen LogP contribution in [0.25, 0.3) is 0 Å². The van der Waals surface area contributed by atoms with Crippen LogP contribution in [0, 0.1) is 0 Å². The van der Waals surface area contributed by atoms with Gasteiger partial charge in [0, 0.05) is 5.70 Å². The van der Waals surface area contributed by atoms with Crippen molar-refractivity contribution < 1.29 is 19.0 Å². The number of nitrogens with two attached hydrogens (primary N) is 1. The van der Waals surface area contributed by atoms with Crippen LogP contribution in [0.3, 0.4) is 0 Å². The third-order valence-electron chi connectivity index (χ3n) is 4.86. The maximum absolute atomic E-state index is 12.7. The number of hydrogen-bond donors (Lipinski definition) is 2. The highest BCUT2D eigenvalue weighted by atomic mass is 32.1. The number of hydrogen-bond acceptors (Lipinski definition) is 6. The van der Waals surface area contributed by atoms with Crippen LogP contribution >= 0.6 is 12.2 Å². The first-order chi connectivity index (χ1) is 15.0. The molecule has 1 aliphatic heterocycles. The van der Waals surface area contributed by atoms with E-state index in [2.05, 4.69) is 5.32 Å². The minimum absolute atomic E-state index is 0.258. The molecule has 1 atom stereocenters. The first-order valence-electron chi connectivity index (χ1n) is 10.1. The second kappa shape index (κ2) is 10.3. The van der Waals surface area contributed by atoms with Gasteiger partial charge in [0.1, 0.15) is 6.61 Å². The van der Waals surface area contributed by atoms with E-state index in [0.717, 1.165) is 11.1 Å². The quantitative estimate of drug-likeness (QED) is 0.365. The maximum Gasteiger partial charge on any atom is 0.338 e. The van der Waals surface area contributed by atoms with E-state index >= 15 is 0 Å². The number of benzene rings is 2. The Morgan fingerprint density at radius 2 is 1.84 bits per heavy atom. The lowest BCUT2D eigenvalue weighted by Gasteiger charge is -2.34. The summed E-state index contributed by atoms with van der Waals surface area (Å²) in [6, 6.07) is 14.9. The summed E-state index contributed by atoms with van der Waals surface area (Å²) in [6.45, 7) is 6.55. The molecule has 1 aliphatic rings. The topological polar surface area (TPSA) is 86.1 Å². The molecule has 0 saturated heterocycles. The molecule has 164 valence electrons. The summed E-state index contributed by atoms with van der Waals surface area (Å²) in [5, 5.41) is 4.72. The predicted molar refractivity (Wildman–Crippen MR) is 122 cm³/mol. The van der Waals surface area contributed by atoms with Gasteiger partial charge in [-0.1, -0.05) is 36.4 Å². The molecule has 0 aliphatic carbocycles. The number of hydrazine groups is 1. The SMILES string of the molecule is CCOC(=O)C1=C(C)N(N)C(=S)NC1c1ccc(OCc2ccccc2)c(OCC)c1. The predicted octanol–water partition coefficient (Wildman–Crippen LogP) is 3.61. The van der Waals surface area contributed by atoms with Crippen molar-refractivity contribution in [1.29, 1.82) is 0 Å². The molecular weight excluding hydrogens is 414 g/mol. The van der Waals surface area contributed by atoms with E-state index in [1.807, 2.05) is 55.5 Å². The summed E-state index contributed by atoms with van der Waals surface area (Å²) in [5.41, 5.74) is 2.78. The van der Waals surface area contributed by atoms with Gasteiger partial charge in [-0.05, 0) is 56.2 Å². The van der Waals surface area contributed by atoms with Crippen LogP contribution in [0.15, 0.2) is 59.8 Å². The summed E-state index contributed by atoms with van der Waals surface area (Å²) in [6.07, 6.45) is 0. The summed E-state index contributed by atoms with van der Waals surface area (Å²) < 4.78 is 17.1. The third-order valence-corrected chi connectivity index (χ3v) is 5.17. The van der Waals surface area contributed by atoms with Gasteiger partial charge in [-0.2, -0.15) is 0 Å². The van der Waals surface area contributed by atoms with Crippen LogP contribution in [-0.2, 0) is 16.1 Å². The second-order valence-corrected chi connectivity index (χ2v) is 7.27. The van der Waals surface area contributed by atoms with Crippen LogP contribution in [-0.4, -0.2) is 29.3 Å². The Hall–Kier alpha value is -3.10. The fourth-order valence-electron chi connectivity index (χ4n) is 3.31. The number of ether oxygens (including phenoxy) is 3. The molecule has 0 fully saturated rings. The zero-order valence-corrected chi connectivity index (χ0v) is 18.7. The minimum atomic E-state index is -0.520. The van der Waals surface area contributed by atoms with Crippen molar-refractivity contribution in [1.82, 2.24) is 10.3 Å². The van der Waals surface area contributed by atoms with Gasteiger partial charge >= 0.3 is 5.97 Å². The molecule has 3 rings (SSSR count). The minimum Gasteiger partial charge on any atom is -0.490 e. The van der Waals surface area contributed by atoms with Gasteiger partial charge in [0.15, 0.2) is 16.6 Å². The average molecular weight is 442 g/mol. The number of esters is 1. The Balaban J connectivity index is 1.94. The molecule has 0 spiro atoms. The highest BCUT2D eigenvalue weighted by molar-refractivity contribution is 7.80. The Bertz CT molecular complexity index is 978. The number of allylic oxidation sites excluding steroid dienone is 1. The number of nitrogens with one attached hydrogen (secondary N) is 1. The maximum atomic E-state index is 12.7. The number of carbonyl (C=O) groups is 1. The number of carbonyl (C=O) groups excluding carboxylic acids is 1. The summed E-state index contributed by atoms with van der Waals surface area (Å²) in [4.78, 5) is 12.7. The van der Waals surface area contributed by atoms with E-state index < -0.39 is 12.0 Å². The van der Waals surface area contributed by atoms with Crippen LogP contribution in [0.2, 0.25) is 0 Å². The number of nitrogens with zero attached hydrogens (tertiary/aromatic N) is 1. The van der Waals surface area contributed by atoms with Crippen molar-refractivity contribution in [3.8, 4) is 11.5 Å². The smallest absolute Gasteiger partial charge is 0.338 e. The fraction of sp³-hybridized carbons (Fsp3) is 0.304. The molecule has 0 saturated carbocycles. The summed E-state index contributed by atoms with van der Waals surface area (Å²) in [5.74, 6) is 6.76. The molecule has 0 radical (unpaired) electrons. The monoisotopic (exact) mass is 441 g/mol. The van der Waals surface area contributed by atoms with Gasteiger partial charge in [0.05, 0.1) is 24.8 Å². The van der Waals surface area contributed by atoms with Gasteiger partial charge < -0.3 is 19.5 Å². The van der Waals surface area contributed by atoms with Crippen LogP contribution in [0.5, 0.6) is 11.5 Å². The summed E-state index contributed by atoms with van der Waals surface area (Å²) in [7, 11) is 0. The van der Waals surface area contributed by atoms with Crippen molar-refractivity contribution in [2.24, 2.45) is 5.84 Å². The molecule has 1 heterocycles. The van der Waals surface area contributed by atoms with Crippen molar-refractivity contribution in [3.63, 3.8) is 0 Å². The normalized spacial score (nSPS) is 16.1. The highest BCUT2D eigenvalue weighted by Crippen LogP contribution is 2.36. The van der Waals surface area contributed by atoms with Crippen molar-refractivity contribution in [2.45, 2.75) is 33.4 Å². The molecule has 0 aromatic heterocycles. The first-order valence-corrected chi connectivity index (χ1v) is 10.5. The lowest BCUT2D eigenvalue weighted by molar-refractivity contribution is -0.139. The van der Waals surface area contributed by atoms with E-state index in [1.54, 1.807) is 13.8 Å². The lowest BCUT2D eigenvalue weighted by atomic mass is 9.95. The zero-order valence-electron chi connectivity index (χ0n) is 17.9. The number of rotatable bonds is 8. The molecule has 2 aromatic rings. The average Bonchev–Trinajstić information content (AvgIpc) is 2.77. The van der Waals surface area contributed by atoms with E-state index in [0.29, 0.717) is 41.1 Å². The molecule has 0 bridgehead atoms. The Labute approximate surface area is 187 Å². The molecule has 1 unspecified atom stereocenters. The van der Waals surface area contributed by atoms with Gasteiger partial charge in [0.25, 0.3) is 0 Å². The molecule has 31 heavy (non-hydrogen) atoms. The zero-order chi connectivity index (χ0) is 22.4. The van der Waals surface area contributed by atoms with Gasteiger partial charge in [-0.3, -0.25) is 5.01 Å². The first kappa shape index (κ1) is 22.6. The van der Waals surface area contributed by atoms with Gasteiger partial charge in [-0.15, -0.1) is 0 Å². The second-order valence-electron chi connectivity index (χ2n) is 6.89. The molecule has 0 amide bonds. The third kappa shape index (κ3) is 5.15. The molecule has 3 N–H and O–H groups in total. The highest BCUT2D eigenvalue weighted by Gasteiger charge is 2.34. The summed E-state index contributed by atoms with van der Waals surface area (Å²) >= 11 is 5.34. The fourth-order valence-corrected chi connectivity index (χ4v) is 3.56. The molecule has 8 heteroatoms. The largest absolute Gasteiger partial charge is 0.490 e. The van der Waals surface area contributed by atoms with Crippen LogP contribution in [0.4, 0.5) is 0 Å². The Morgan fingerprint density at radius 1 is 1.10 bits per heavy atom. The van der Waals surface area contributed by atoms with Gasteiger partial charge in [0.2, 0.25) is 0 Å².